The predicted molar refractivity (Wildman–Crippen MR) is 67.0 cm³/mol. The van der Waals surface area contributed by atoms with Crippen LogP contribution in [0.1, 0.15) is 46.5 Å². The second-order valence-electron chi connectivity index (χ2n) is 6.12. The molecule has 1 amide bonds. The minimum atomic E-state index is 0.255. The molecule has 94 valence electrons. The standard InChI is InChI=1S/C13H26N2O/c1-13(2,3)7-4-12(16)15-8-5-11(10-14)6-9-15/h11H,4-10,14H2,1-3H3. The van der Waals surface area contributed by atoms with Gasteiger partial charge in [0.1, 0.15) is 0 Å². The lowest BCUT2D eigenvalue weighted by Gasteiger charge is -2.32. The number of amides is 1. The smallest absolute Gasteiger partial charge is 0.222 e. The number of rotatable bonds is 3. The zero-order valence-electron chi connectivity index (χ0n) is 11.0. The van der Waals surface area contributed by atoms with Gasteiger partial charge in [0.2, 0.25) is 5.91 Å². The Morgan fingerprint density at radius 3 is 2.31 bits per heavy atom. The van der Waals surface area contributed by atoms with Crippen LogP contribution in [0.15, 0.2) is 0 Å². The molecule has 0 atom stereocenters. The zero-order valence-corrected chi connectivity index (χ0v) is 11.0. The number of nitrogens with two attached hydrogens (primary N) is 1. The van der Waals surface area contributed by atoms with E-state index in [1.165, 1.54) is 0 Å². The van der Waals surface area contributed by atoms with Crippen LogP contribution < -0.4 is 5.73 Å². The lowest BCUT2D eigenvalue weighted by atomic mass is 9.90. The number of nitrogens with zero attached hydrogens (tertiary/aromatic N) is 1. The maximum absolute atomic E-state index is 11.9. The monoisotopic (exact) mass is 226 g/mol. The second kappa shape index (κ2) is 5.67. The highest BCUT2D eigenvalue weighted by Crippen LogP contribution is 2.22. The lowest BCUT2D eigenvalue weighted by molar-refractivity contribution is -0.133. The molecule has 1 aliphatic rings. The van der Waals surface area contributed by atoms with Crippen LogP contribution in [0.4, 0.5) is 0 Å². The molecular formula is C13H26N2O. The molecule has 1 aliphatic heterocycles. The first-order chi connectivity index (χ1) is 7.42. The van der Waals surface area contributed by atoms with Crippen molar-refractivity contribution in [1.82, 2.24) is 4.90 Å². The van der Waals surface area contributed by atoms with E-state index in [4.69, 9.17) is 5.73 Å². The Labute approximate surface area is 99.4 Å². The van der Waals surface area contributed by atoms with Crippen molar-refractivity contribution in [2.45, 2.75) is 46.5 Å². The van der Waals surface area contributed by atoms with Crippen LogP contribution in [0.25, 0.3) is 0 Å². The van der Waals surface area contributed by atoms with E-state index in [1.54, 1.807) is 0 Å². The molecule has 2 N–H and O–H groups in total. The van der Waals surface area contributed by atoms with Crippen LogP contribution >= 0.6 is 0 Å². The fraction of sp³-hybridized carbons (Fsp3) is 0.923. The first-order valence-corrected chi connectivity index (χ1v) is 6.40. The Morgan fingerprint density at radius 1 is 1.31 bits per heavy atom. The summed E-state index contributed by atoms with van der Waals surface area (Å²) in [4.78, 5) is 13.9. The van der Waals surface area contributed by atoms with Gasteiger partial charge in [-0.05, 0) is 37.1 Å². The molecule has 0 aromatic heterocycles. The van der Waals surface area contributed by atoms with Gasteiger partial charge in [0, 0.05) is 19.5 Å². The van der Waals surface area contributed by atoms with E-state index in [9.17, 15) is 4.79 Å². The van der Waals surface area contributed by atoms with Crippen LogP contribution in [-0.2, 0) is 4.79 Å². The maximum atomic E-state index is 11.9. The van der Waals surface area contributed by atoms with Gasteiger partial charge in [-0.15, -0.1) is 0 Å². The quantitative estimate of drug-likeness (QED) is 0.800. The number of likely N-dealkylation sites (tertiary alicyclic amines) is 1. The molecule has 0 saturated carbocycles. The third-order valence-electron chi connectivity index (χ3n) is 3.39. The minimum Gasteiger partial charge on any atom is -0.343 e. The number of carbonyl (C=O) groups excluding carboxylic acids is 1. The van der Waals surface area contributed by atoms with Crippen LogP contribution in [0.5, 0.6) is 0 Å². The zero-order chi connectivity index (χ0) is 12.2. The Kier molecular flexibility index (Phi) is 4.78. The van der Waals surface area contributed by atoms with Crippen molar-refractivity contribution in [1.29, 1.82) is 0 Å². The molecule has 0 bridgehead atoms. The van der Waals surface area contributed by atoms with Crippen LogP contribution in [0.3, 0.4) is 0 Å². The summed E-state index contributed by atoms with van der Waals surface area (Å²) in [6.45, 7) is 9.13. The molecule has 3 heteroatoms. The summed E-state index contributed by atoms with van der Waals surface area (Å²) in [5.41, 5.74) is 5.89. The third-order valence-corrected chi connectivity index (χ3v) is 3.39. The van der Waals surface area contributed by atoms with Gasteiger partial charge in [-0.3, -0.25) is 4.79 Å². The molecule has 0 spiro atoms. The average molecular weight is 226 g/mol. The van der Waals surface area contributed by atoms with Crippen molar-refractivity contribution in [3.63, 3.8) is 0 Å². The van der Waals surface area contributed by atoms with Gasteiger partial charge in [-0.25, -0.2) is 0 Å². The van der Waals surface area contributed by atoms with Crippen molar-refractivity contribution in [3.8, 4) is 0 Å². The molecule has 0 aromatic rings. The van der Waals surface area contributed by atoms with Crippen molar-refractivity contribution in [2.24, 2.45) is 17.1 Å². The molecule has 1 saturated heterocycles. The Bertz CT molecular complexity index is 225. The van der Waals surface area contributed by atoms with Gasteiger partial charge in [0.25, 0.3) is 0 Å². The number of hydrogen-bond acceptors (Lipinski definition) is 2. The molecule has 1 fully saturated rings. The maximum Gasteiger partial charge on any atom is 0.222 e. The van der Waals surface area contributed by atoms with Gasteiger partial charge in [-0.2, -0.15) is 0 Å². The Balaban J connectivity index is 2.28. The number of piperidine rings is 1. The van der Waals surface area contributed by atoms with Gasteiger partial charge >= 0.3 is 0 Å². The van der Waals surface area contributed by atoms with E-state index in [2.05, 4.69) is 20.8 Å². The molecule has 3 nitrogen and oxygen atoms in total. The molecule has 0 aliphatic carbocycles. The fourth-order valence-electron chi connectivity index (χ4n) is 2.06. The van der Waals surface area contributed by atoms with Gasteiger partial charge in [0.05, 0.1) is 0 Å². The highest BCUT2D eigenvalue weighted by atomic mass is 16.2. The summed E-state index contributed by atoms with van der Waals surface area (Å²) in [7, 11) is 0. The molecule has 16 heavy (non-hydrogen) atoms. The summed E-state index contributed by atoms with van der Waals surface area (Å²) in [5, 5.41) is 0. The molecule has 0 unspecified atom stereocenters. The summed E-state index contributed by atoms with van der Waals surface area (Å²) >= 11 is 0. The SMILES string of the molecule is CC(C)(C)CCC(=O)N1CCC(CN)CC1. The topological polar surface area (TPSA) is 46.3 Å². The van der Waals surface area contributed by atoms with E-state index in [1.807, 2.05) is 4.90 Å². The molecule has 1 heterocycles. The summed E-state index contributed by atoms with van der Waals surface area (Å²) < 4.78 is 0. The van der Waals surface area contributed by atoms with E-state index in [0.29, 0.717) is 18.2 Å². The van der Waals surface area contributed by atoms with Gasteiger partial charge in [0.15, 0.2) is 0 Å². The van der Waals surface area contributed by atoms with Gasteiger partial charge < -0.3 is 10.6 Å². The lowest BCUT2D eigenvalue weighted by Crippen LogP contribution is -2.40. The average Bonchev–Trinajstić information content (AvgIpc) is 2.25. The van der Waals surface area contributed by atoms with E-state index < -0.39 is 0 Å². The van der Waals surface area contributed by atoms with E-state index in [-0.39, 0.29) is 5.41 Å². The molecule has 1 rings (SSSR count). The van der Waals surface area contributed by atoms with Crippen LogP contribution in [0.2, 0.25) is 0 Å². The first kappa shape index (κ1) is 13.5. The molecular weight excluding hydrogens is 200 g/mol. The summed E-state index contributed by atoms with van der Waals surface area (Å²) in [5.74, 6) is 0.956. The largest absolute Gasteiger partial charge is 0.343 e. The fourth-order valence-corrected chi connectivity index (χ4v) is 2.06. The highest BCUT2D eigenvalue weighted by molar-refractivity contribution is 5.76. The molecule has 0 aromatic carbocycles. The third kappa shape index (κ3) is 4.52. The second-order valence-corrected chi connectivity index (χ2v) is 6.12. The first-order valence-electron chi connectivity index (χ1n) is 6.40. The van der Waals surface area contributed by atoms with E-state index in [0.717, 1.165) is 38.9 Å². The Hall–Kier alpha value is -0.570. The van der Waals surface area contributed by atoms with Crippen LogP contribution in [-0.4, -0.2) is 30.4 Å². The minimum absolute atomic E-state index is 0.255. The predicted octanol–water partition coefficient (Wildman–Crippen LogP) is 2.01. The van der Waals surface area contributed by atoms with Crippen molar-refractivity contribution in [3.05, 3.63) is 0 Å². The van der Waals surface area contributed by atoms with Crippen molar-refractivity contribution >= 4 is 5.91 Å². The van der Waals surface area contributed by atoms with Crippen LogP contribution in [0, 0.1) is 11.3 Å². The number of carbonyl (C=O) groups is 1. The Morgan fingerprint density at radius 2 is 1.88 bits per heavy atom. The van der Waals surface area contributed by atoms with Crippen molar-refractivity contribution < 1.29 is 4.79 Å². The normalized spacial score (nSPS) is 18.9. The molecule has 0 radical (unpaired) electrons. The van der Waals surface area contributed by atoms with E-state index >= 15 is 0 Å². The van der Waals surface area contributed by atoms with Crippen molar-refractivity contribution in [2.75, 3.05) is 19.6 Å². The summed E-state index contributed by atoms with van der Waals surface area (Å²) in [6.07, 6.45) is 3.83. The van der Waals surface area contributed by atoms with Gasteiger partial charge in [-0.1, -0.05) is 20.8 Å². The highest BCUT2D eigenvalue weighted by Gasteiger charge is 2.22. The number of hydrogen-bond donors (Lipinski definition) is 1. The summed E-state index contributed by atoms with van der Waals surface area (Å²) in [6, 6.07) is 0.